The number of likely N-dealkylation sites (tertiary alicyclic amines) is 1. The van der Waals surface area contributed by atoms with Crippen LogP contribution in [0.4, 0.5) is 0 Å². The first-order valence-electron chi connectivity index (χ1n) is 12.0. The summed E-state index contributed by atoms with van der Waals surface area (Å²) in [5, 5.41) is 13.0. The molecule has 6 N–H and O–H groups in total. The van der Waals surface area contributed by atoms with Crippen molar-refractivity contribution in [3.8, 4) is 0 Å². The molecular weight excluding hydrogens is 553 g/mol. The van der Waals surface area contributed by atoms with E-state index in [1.165, 1.54) is 17.1 Å². The van der Waals surface area contributed by atoms with Gasteiger partial charge in [0, 0.05) is 26.7 Å². The fourth-order valence-corrected chi connectivity index (χ4v) is 6.67. The molecule has 14 heteroatoms. The first-order chi connectivity index (χ1) is 17.1. The molecule has 2 amide bonds. The number of carbonyl (C=O) groups excluding carboxylic acids is 2. The summed E-state index contributed by atoms with van der Waals surface area (Å²) in [7, 11) is -2.75. The largest absolute Gasteiger partial charge is 0.370 e. The molecule has 2 unspecified atom stereocenters. The first kappa shape index (κ1) is 31.6. The fourth-order valence-electron chi connectivity index (χ4n) is 5.26. The van der Waals surface area contributed by atoms with Crippen LogP contribution >= 0.6 is 24.8 Å². The minimum atomic E-state index is -4.37. The van der Waals surface area contributed by atoms with E-state index in [4.69, 9.17) is 16.9 Å². The number of hydrogen-bond acceptors (Lipinski definition) is 6. The summed E-state index contributed by atoms with van der Waals surface area (Å²) in [5.74, 6) is -3.28. The predicted molar refractivity (Wildman–Crippen MR) is 150 cm³/mol. The Morgan fingerprint density at radius 2 is 1.63 bits per heavy atom. The highest BCUT2D eigenvalue weighted by Gasteiger charge is 2.58. The second kappa shape index (κ2) is 12.5. The van der Waals surface area contributed by atoms with Crippen molar-refractivity contribution in [1.82, 2.24) is 19.6 Å². The molecular formula is C24H35Cl2N7O4S. The number of halogens is 2. The Balaban J connectivity index is 0.00000253. The van der Waals surface area contributed by atoms with Crippen LogP contribution in [-0.4, -0.2) is 73.5 Å². The van der Waals surface area contributed by atoms with Crippen LogP contribution in [0.25, 0.3) is 10.8 Å². The molecule has 2 aromatic rings. The number of amides is 2. The molecule has 2 heterocycles. The summed E-state index contributed by atoms with van der Waals surface area (Å²) in [4.78, 5) is 27.9. The zero-order valence-corrected chi connectivity index (χ0v) is 23.6. The van der Waals surface area contributed by atoms with Gasteiger partial charge in [-0.2, -0.15) is 4.72 Å². The van der Waals surface area contributed by atoms with E-state index in [0.717, 1.165) is 29.5 Å². The number of fused-ring (bicyclic) bond motifs is 1. The Morgan fingerprint density at radius 1 is 1.00 bits per heavy atom. The summed E-state index contributed by atoms with van der Waals surface area (Å²) in [5.41, 5.74) is 9.45. The van der Waals surface area contributed by atoms with E-state index in [2.05, 4.69) is 4.72 Å². The van der Waals surface area contributed by atoms with E-state index in [1.54, 1.807) is 25.2 Å². The van der Waals surface area contributed by atoms with Gasteiger partial charge < -0.3 is 16.4 Å². The average molecular weight is 589 g/mol. The van der Waals surface area contributed by atoms with Crippen molar-refractivity contribution in [2.75, 3.05) is 26.7 Å². The smallest absolute Gasteiger partial charge is 0.260 e. The molecule has 0 radical (unpaired) electrons. The molecule has 11 nitrogen and oxygen atoms in total. The van der Waals surface area contributed by atoms with E-state index in [9.17, 15) is 18.0 Å². The van der Waals surface area contributed by atoms with Gasteiger partial charge >= 0.3 is 0 Å². The van der Waals surface area contributed by atoms with Crippen LogP contribution in [0.3, 0.4) is 0 Å². The number of nitrogens with one attached hydrogen (secondary N) is 2. The van der Waals surface area contributed by atoms with Crippen LogP contribution < -0.4 is 16.2 Å². The molecule has 2 aliphatic rings. The Bertz CT molecular complexity index is 1290. The van der Waals surface area contributed by atoms with E-state index in [0.29, 0.717) is 24.9 Å². The predicted octanol–water partition coefficient (Wildman–Crippen LogP) is 1.61. The van der Waals surface area contributed by atoms with Gasteiger partial charge in [-0.05, 0) is 48.6 Å². The lowest BCUT2D eigenvalue weighted by molar-refractivity contribution is -0.163. The van der Waals surface area contributed by atoms with Crippen LogP contribution in [0.5, 0.6) is 0 Å². The molecule has 0 spiro atoms. The van der Waals surface area contributed by atoms with Crippen molar-refractivity contribution in [3.63, 3.8) is 0 Å². The molecule has 0 bridgehead atoms. The third-order valence-electron chi connectivity index (χ3n) is 7.17. The van der Waals surface area contributed by atoms with Gasteiger partial charge in [0.2, 0.25) is 15.9 Å². The third-order valence-corrected chi connectivity index (χ3v) is 8.62. The maximum atomic E-state index is 13.8. The van der Waals surface area contributed by atoms with Crippen molar-refractivity contribution in [2.24, 2.45) is 17.4 Å². The van der Waals surface area contributed by atoms with Crippen molar-refractivity contribution in [3.05, 3.63) is 42.5 Å². The minimum Gasteiger partial charge on any atom is -0.370 e. The van der Waals surface area contributed by atoms with Crippen molar-refractivity contribution < 1.29 is 18.0 Å². The number of primary amides is 1. The number of guanidine groups is 1. The van der Waals surface area contributed by atoms with Crippen LogP contribution in [0.1, 0.15) is 32.1 Å². The standard InChI is InChI=1S/C24H33N7O4S.2ClH/c1-29(30-13-5-2-6-14-30)21(32)20-10-7-15-31(23(26)27)24(20,22(25)33)28-36(34,35)19-12-11-17-8-3-4-9-18(17)16-19;;/h3-4,8-9,11-12,16,20,28H,2,5-7,10,13-15H2,1H3,(H2,25,33)(H3,26,27);2*1H. The SMILES string of the molecule is CN(C(=O)C1CCCN(C(=N)N)C1(NS(=O)(=O)c1ccc2ccccc2c1)C(N)=O)N1CCCCC1.Cl.Cl. The van der Waals surface area contributed by atoms with Crippen molar-refractivity contribution in [2.45, 2.75) is 42.7 Å². The van der Waals surface area contributed by atoms with Crippen LogP contribution in [-0.2, 0) is 19.6 Å². The van der Waals surface area contributed by atoms with E-state index in [1.807, 2.05) is 17.1 Å². The lowest BCUT2D eigenvalue weighted by Crippen LogP contribution is -2.77. The molecule has 0 saturated carbocycles. The van der Waals surface area contributed by atoms with Gasteiger partial charge in [-0.3, -0.25) is 20.0 Å². The number of sulfonamides is 1. The van der Waals surface area contributed by atoms with Crippen LogP contribution in [0.15, 0.2) is 47.4 Å². The lowest BCUT2D eigenvalue weighted by Gasteiger charge is -2.50. The number of hydrogen-bond donors (Lipinski definition) is 4. The maximum absolute atomic E-state index is 13.8. The summed E-state index contributed by atoms with van der Waals surface area (Å²) in [6.45, 7) is 1.45. The number of rotatable bonds is 6. The number of nitrogens with zero attached hydrogens (tertiary/aromatic N) is 3. The molecule has 2 atom stereocenters. The zero-order valence-electron chi connectivity index (χ0n) is 21.1. The van der Waals surface area contributed by atoms with Gasteiger partial charge in [0.05, 0.1) is 10.8 Å². The molecule has 210 valence electrons. The summed E-state index contributed by atoms with van der Waals surface area (Å²) < 4.78 is 29.8. The summed E-state index contributed by atoms with van der Waals surface area (Å²) >= 11 is 0. The molecule has 2 saturated heterocycles. The molecule has 2 fully saturated rings. The van der Waals surface area contributed by atoms with Gasteiger partial charge in [0.25, 0.3) is 5.91 Å². The monoisotopic (exact) mass is 587 g/mol. The number of carbonyl (C=O) groups is 2. The molecule has 2 aliphatic heterocycles. The molecule has 0 aliphatic carbocycles. The van der Waals surface area contributed by atoms with Crippen LogP contribution in [0.2, 0.25) is 0 Å². The minimum absolute atomic E-state index is 0. The lowest BCUT2D eigenvalue weighted by atomic mass is 9.82. The normalized spacial score (nSPS) is 22.1. The van der Waals surface area contributed by atoms with Crippen molar-refractivity contribution in [1.29, 1.82) is 5.41 Å². The highest BCUT2D eigenvalue weighted by atomic mass is 35.5. The van der Waals surface area contributed by atoms with E-state index >= 15 is 0 Å². The van der Waals surface area contributed by atoms with Crippen molar-refractivity contribution >= 4 is 63.4 Å². The topological polar surface area (TPSA) is 166 Å². The van der Waals surface area contributed by atoms with E-state index < -0.39 is 39.4 Å². The molecule has 0 aromatic heterocycles. The molecule has 4 rings (SSSR count). The van der Waals surface area contributed by atoms with Gasteiger partial charge in [-0.1, -0.05) is 36.8 Å². The molecule has 38 heavy (non-hydrogen) atoms. The quantitative estimate of drug-likeness (QED) is 0.294. The van der Waals surface area contributed by atoms with Gasteiger partial charge in [0.1, 0.15) is 0 Å². The highest BCUT2D eigenvalue weighted by Crippen LogP contribution is 2.35. The van der Waals surface area contributed by atoms with E-state index in [-0.39, 0.29) is 42.7 Å². The van der Waals surface area contributed by atoms with Gasteiger partial charge in [0.15, 0.2) is 11.6 Å². The Morgan fingerprint density at radius 3 is 2.24 bits per heavy atom. The van der Waals surface area contributed by atoms with Gasteiger partial charge in [-0.15, -0.1) is 24.8 Å². The third kappa shape index (κ3) is 5.84. The number of nitrogens with two attached hydrogens (primary N) is 2. The highest BCUT2D eigenvalue weighted by molar-refractivity contribution is 7.89. The average Bonchev–Trinajstić information content (AvgIpc) is 2.87. The second-order valence-corrected chi connectivity index (χ2v) is 11.0. The maximum Gasteiger partial charge on any atom is 0.260 e. The Kier molecular flexibility index (Phi) is 10.4. The fraction of sp³-hybridized carbons (Fsp3) is 0.458. The number of piperidine rings is 2. The first-order valence-corrected chi connectivity index (χ1v) is 13.5. The summed E-state index contributed by atoms with van der Waals surface area (Å²) in [6.07, 6.45) is 3.55. The number of benzene rings is 2. The molecule has 2 aromatic carbocycles. The summed E-state index contributed by atoms with van der Waals surface area (Å²) in [6, 6.07) is 11.9. The zero-order chi connectivity index (χ0) is 26.1. The Hall–Kier alpha value is -2.64. The van der Waals surface area contributed by atoms with Gasteiger partial charge in [-0.25, -0.2) is 13.4 Å². The van der Waals surface area contributed by atoms with Crippen LogP contribution in [0, 0.1) is 11.3 Å². The number of hydrazine groups is 1. The second-order valence-electron chi connectivity index (χ2n) is 9.35. The Labute approximate surface area is 235 Å².